The predicted octanol–water partition coefficient (Wildman–Crippen LogP) is 4.65. The van der Waals surface area contributed by atoms with Gasteiger partial charge in [0.25, 0.3) is 0 Å². The highest BCUT2D eigenvalue weighted by Crippen LogP contribution is 2.40. The molecule has 2 heterocycles. The molecule has 10 heteroatoms. The van der Waals surface area contributed by atoms with E-state index in [-0.39, 0.29) is 5.41 Å². The molecular formula is C19H22Cl2N4O3S. The molecule has 1 aromatic carbocycles. The van der Waals surface area contributed by atoms with Crippen LogP contribution < -0.4 is 15.4 Å². The first-order valence-corrected chi connectivity index (χ1v) is 10.6. The molecule has 0 radical (unpaired) electrons. The molecule has 0 saturated carbocycles. The van der Waals surface area contributed by atoms with Crippen molar-refractivity contribution in [2.45, 2.75) is 29.6 Å². The quantitative estimate of drug-likeness (QED) is 0.676. The van der Waals surface area contributed by atoms with Crippen LogP contribution in [0.2, 0.25) is 10.0 Å². The molecule has 1 amide bonds. The van der Waals surface area contributed by atoms with Gasteiger partial charge in [-0.05, 0) is 25.0 Å². The number of ether oxygens (including phenoxy) is 2. The number of hydrogen-bond donors (Lipinski definition) is 1. The van der Waals surface area contributed by atoms with Crippen LogP contribution in [0.5, 0.6) is 5.88 Å². The van der Waals surface area contributed by atoms with Gasteiger partial charge < -0.3 is 20.1 Å². The van der Waals surface area contributed by atoms with Crippen molar-refractivity contribution in [1.29, 1.82) is 0 Å². The van der Waals surface area contributed by atoms with Crippen LogP contribution in [-0.2, 0) is 4.74 Å². The van der Waals surface area contributed by atoms with Gasteiger partial charge in [0, 0.05) is 23.4 Å². The fourth-order valence-corrected chi connectivity index (χ4v) is 4.41. The van der Waals surface area contributed by atoms with Crippen molar-refractivity contribution < 1.29 is 14.3 Å². The Hall–Kier alpha value is -1.90. The molecule has 0 aliphatic carbocycles. The van der Waals surface area contributed by atoms with E-state index in [0.717, 1.165) is 35.7 Å². The highest BCUT2D eigenvalue weighted by atomic mass is 35.5. The SMILES string of the molecule is COc1nc(N2CCC(C)(COC(N)=O)CC2)ncc1Sc1cccc(Cl)c1Cl. The number of primary amides is 1. The van der Waals surface area contributed by atoms with Crippen LogP contribution in [0, 0.1) is 5.41 Å². The summed E-state index contributed by atoms with van der Waals surface area (Å²) in [5.74, 6) is 1.07. The van der Waals surface area contributed by atoms with Crippen LogP contribution in [0.4, 0.5) is 10.7 Å². The Bertz CT molecular complexity index is 892. The average molecular weight is 457 g/mol. The number of halogens is 2. The van der Waals surface area contributed by atoms with Gasteiger partial charge in [0.1, 0.15) is 0 Å². The second-order valence-corrected chi connectivity index (χ2v) is 8.97. The number of carbonyl (C=O) groups is 1. The zero-order chi connectivity index (χ0) is 21.0. The van der Waals surface area contributed by atoms with Crippen molar-refractivity contribution in [1.82, 2.24) is 9.97 Å². The maximum atomic E-state index is 10.9. The summed E-state index contributed by atoms with van der Waals surface area (Å²) in [6.45, 7) is 3.89. The van der Waals surface area contributed by atoms with E-state index in [1.165, 1.54) is 11.8 Å². The van der Waals surface area contributed by atoms with Gasteiger partial charge in [-0.1, -0.05) is 48.0 Å². The van der Waals surface area contributed by atoms with Crippen molar-refractivity contribution >= 4 is 47.0 Å². The molecule has 1 saturated heterocycles. The summed E-state index contributed by atoms with van der Waals surface area (Å²) in [5, 5.41) is 0.976. The third kappa shape index (κ3) is 5.38. The van der Waals surface area contributed by atoms with Crippen molar-refractivity contribution in [2.24, 2.45) is 11.1 Å². The molecule has 0 spiro atoms. The average Bonchev–Trinajstić information content (AvgIpc) is 2.71. The van der Waals surface area contributed by atoms with Gasteiger partial charge in [-0.25, -0.2) is 9.78 Å². The molecule has 2 aromatic rings. The van der Waals surface area contributed by atoms with Crippen molar-refractivity contribution in [3.8, 4) is 5.88 Å². The molecular weight excluding hydrogens is 435 g/mol. The Labute approximate surface area is 183 Å². The summed E-state index contributed by atoms with van der Waals surface area (Å²) in [5.41, 5.74) is 4.98. The first-order valence-electron chi connectivity index (χ1n) is 9.01. The maximum absolute atomic E-state index is 10.9. The first kappa shape index (κ1) is 21.8. The lowest BCUT2D eigenvalue weighted by molar-refractivity contribution is 0.0817. The molecule has 3 rings (SSSR count). The fourth-order valence-electron chi connectivity index (χ4n) is 3.03. The summed E-state index contributed by atoms with van der Waals surface area (Å²) in [7, 11) is 1.57. The van der Waals surface area contributed by atoms with Gasteiger partial charge in [0.05, 0.1) is 34.9 Å². The Morgan fingerprint density at radius 1 is 1.31 bits per heavy atom. The van der Waals surface area contributed by atoms with E-state index in [2.05, 4.69) is 21.8 Å². The van der Waals surface area contributed by atoms with Crippen LogP contribution in [0.25, 0.3) is 0 Å². The minimum Gasteiger partial charge on any atom is -0.480 e. The summed E-state index contributed by atoms with van der Waals surface area (Å²) in [4.78, 5) is 23.6. The molecule has 0 bridgehead atoms. The summed E-state index contributed by atoms with van der Waals surface area (Å²) in [6.07, 6.45) is 2.66. The lowest BCUT2D eigenvalue weighted by Crippen LogP contribution is -2.42. The van der Waals surface area contributed by atoms with Crippen molar-refractivity contribution in [3.05, 3.63) is 34.4 Å². The topological polar surface area (TPSA) is 90.6 Å². The number of aromatic nitrogens is 2. The number of amides is 1. The van der Waals surface area contributed by atoms with Gasteiger partial charge in [-0.2, -0.15) is 4.98 Å². The van der Waals surface area contributed by atoms with E-state index in [0.29, 0.717) is 28.5 Å². The summed E-state index contributed by atoms with van der Waals surface area (Å²) in [6, 6.07) is 5.46. The summed E-state index contributed by atoms with van der Waals surface area (Å²) >= 11 is 13.8. The molecule has 1 aliphatic rings. The highest BCUT2D eigenvalue weighted by molar-refractivity contribution is 7.99. The monoisotopic (exact) mass is 456 g/mol. The minimum absolute atomic E-state index is 0.102. The Morgan fingerprint density at radius 3 is 2.69 bits per heavy atom. The minimum atomic E-state index is -0.741. The predicted molar refractivity (Wildman–Crippen MR) is 114 cm³/mol. The van der Waals surface area contributed by atoms with Crippen LogP contribution >= 0.6 is 35.0 Å². The van der Waals surface area contributed by atoms with Gasteiger partial charge in [0.2, 0.25) is 11.8 Å². The molecule has 2 N–H and O–H groups in total. The largest absolute Gasteiger partial charge is 0.480 e. The van der Waals surface area contributed by atoms with E-state index in [4.69, 9.17) is 38.4 Å². The molecule has 156 valence electrons. The lowest BCUT2D eigenvalue weighted by atomic mass is 9.81. The third-order valence-electron chi connectivity index (χ3n) is 4.86. The second-order valence-electron chi connectivity index (χ2n) is 7.10. The van der Waals surface area contributed by atoms with Gasteiger partial charge in [0.15, 0.2) is 0 Å². The van der Waals surface area contributed by atoms with Crippen LogP contribution in [-0.4, -0.2) is 42.9 Å². The Kier molecular flexibility index (Phi) is 6.97. The normalized spacial score (nSPS) is 15.8. The molecule has 1 aliphatic heterocycles. The standard InChI is InChI=1S/C19H22Cl2N4O3S/c1-19(11-28-17(22)26)6-8-25(9-7-19)18-23-10-14(16(24-18)27-2)29-13-5-3-4-12(20)15(13)21/h3-5,10H,6-9,11H2,1-2H3,(H2,22,26). The Morgan fingerprint density at radius 2 is 2.03 bits per heavy atom. The Balaban J connectivity index is 1.71. The van der Waals surface area contributed by atoms with E-state index in [1.807, 2.05) is 12.1 Å². The molecule has 7 nitrogen and oxygen atoms in total. The number of piperidine rings is 1. The molecule has 1 aromatic heterocycles. The lowest BCUT2D eigenvalue weighted by Gasteiger charge is -2.38. The molecule has 29 heavy (non-hydrogen) atoms. The van der Waals surface area contributed by atoms with E-state index in [9.17, 15) is 4.79 Å². The first-order chi connectivity index (χ1) is 13.8. The van der Waals surface area contributed by atoms with E-state index >= 15 is 0 Å². The summed E-state index contributed by atoms with van der Waals surface area (Å²) < 4.78 is 10.5. The number of nitrogens with two attached hydrogens (primary N) is 1. The third-order valence-corrected chi connectivity index (χ3v) is 6.85. The second kappa shape index (κ2) is 9.28. The van der Waals surface area contributed by atoms with Gasteiger partial charge >= 0.3 is 6.09 Å². The number of hydrogen-bond acceptors (Lipinski definition) is 7. The van der Waals surface area contributed by atoms with Gasteiger partial charge in [-0.15, -0.1) is 0 Å². The van der Waals surface area contributed by atoms with Crippen molar-refractivity contribution in [2.75, 3.05) is 31.7 Å². The van der Waals surface area contributed by atoms with Crippen molar-refractivity contribution in [3.63, 3.8) is 0 Å². The zero-order valence-corrected chi connectivity index (χ0v) is 18.5. The van der Waals surface area contributed by atoms with E-state index < -0.39 is 6.09 Å². The number of nitrogens with zero attached hydrogens (tertiary/aromatic N) is 3. The van der Waals surface area contributed by atoms with Crippen LogP contribution in [0.15, 0.2) is 34.2 Å². The number of carbonyl (C=O) groups excluding carboxylic acids is 1. The number of methoxy groups -OCH3 is 1. The molecule has 0 unspecified atom stereocenters. The smallest absolute Gasteiger partial charge is 0.404 e. The highest BCUT2D eigenvalue weighted by Gasteiger charge is 2.32. The van der Waals surface area contributed by atoms with Crippen LogP contribution in [0.3, 0.4) is 0 Å². The van der Waals surface area contributed by atoms with Gasteiger partial charge in [-0.3, -0.25) is 0 Å². The number of rotatable bonds is 6. The molecule has 0 atom stereocenters. The number of anilines is 1. The number of benzene rings is 1. The molecule has 1 fully saturated rings. The fraction of sp³-hybridized carbons (Fsp3) is 0.421. The van der Waals surface area contributed by atoms with Crippen LogP contribution in [0.1, 0.15) is 19.8 Å². The van der Waals surface area contributed by atoms with E-state index in [1.54, 1.807) is 19.4 Å². The maximum Gasteiger partial charge on any atom is 0.404 e. The zero-order valence-electron chi connectivity index (χ0n) is 16.2.